The zero-order chi connectivity index (χ0) is 24.2. The van der Waals surface area contributed by atoms with E-state index in [1.807, 2.05) is 6.92 Å². The summed E-state index contributed by atoms with van der Waals surface area (Å²) in [4.78, 5) is 16.9. The third-order valence-electron chi connectivity index (χ3n) is 6.60. The van der Waals surface area contributed by atoms with Crippen LogP contribution in [0.4, 0.5) is 0 Å². The molecule has 0 bridgehead atoms. The quantitative estimate of drug-likeness (QED) is 0.566. The van der Waals surface area contributed by atoms with Crippen molar-refractivity contribution < 1.29 is 23.1 Å². The summed E-state index contributed by atoms with van der Waals surface area (Å²) in [7, 11) is -2.07. The van der Waals surface area contributed by atoms with E-state index >= 15 is 0 Å². The highest BCUT2D eigenvalue weighted by molar-refractivity contribution is 9.10. The molecular formula is C23H36BrN3O5S. The van der Waals surface area contributed by atoms with Gasteiger partial charge in [-0.25, -0.2) is 8.42 Å². The Hall–Kier alpha value is -1.20. The minimum Gasteiger partial charge on any atom is -0.487 e. The van der Waals surface area contributed by atoms with Gasteiger partial charge in [-0.2, -0.15) is 4.31 Å². The largest absolute Gasteiger partial charge is 0.487 e. The second-order valence-corrected chi connectivity index (χ2v) is 12.0. The second kappa shape index (κ2) is 11.5. The number of amides is 1. The van der Waals surface area contributed by atoms with Gasteiger partial charge in [0.05, 0.1) is 13.2 Å². The number of halogens is 1. The van der Waals surface area contributed by atoms with Crippen molar-refractivity contribution in [3.05, 3.63) is 22.7 Å². The summed E-state index contributed by atoms with van der Waals surface area (Å²) in [6.45, 7) is 6.76. The maximum absolute atomic E-state index is 13.4. The van der Waals surface area contributed by atoms with E-state index in [9.17, 15) is 18.3 Å². The number of aliphatic hydroxyl groups excluding tert-OH is 1. The molecule has 3 rings (SSSR count). The van der Waals surface area contributed by atoms with Gasteiger partial charge in [0, 0.05) is 43.0 Å². The smallest absolute Gasteiger partial charge is 0.247 e. The SMILES string of the molecule is C[C@H]1CN([C@@H](C)CO)S(=O)(=O)c2ccc(Br)cc2O[C@@H]1CN(C)C(=O)CCN1CCCCC1. The van der Waals surface area contributed by atoms with Gasteiger partial charge < -0.3 is 19.6 Å². The van der Waals surface area contributed by atoms with Gasteiger partial charge in [0.25, 0.3) is 0 Å². The first-order chi connectivity index (χ1) is 15.6. The number of piperidine rings is 1. The molecule has 2 aliphatic rings. The molecule has 8 nitrogen and oxygen atoms in total. The van der Waals surface area contributed by atoms with Gasteiger partial charge >= 0.3 is 0 Å². The molecule has 0 aliphatic carbocycles. The van der Waals surface area contributed by atoms with Crippen LogP contribution in [0.3, 0.4) is 0 Å². The molecular weight excluding hydrogens is 510 g/mol. The molecule has 10 heteroatoms. The van der Waals surface area contributed by atoms with Gasteiger partial charge in [-0.3, -0.25) is 4.79 Å². The van der Waals surface area contributed by atoms with Crippen LogP contribution in [0.2, 0.25) is 0 Å². The number of sulfonamides is 1. The molecule has 2 heterocycles. The average molecular weight is 547 g/mol. The third kappa shape index (κ3) is 6.48. The fraction of sp³-hybridized carbons (Fsp3) is 0.696. The lowest BCUT2D eigenvalue weighted by Gasteiger charge is -2.37. The van der Waals surface area contributed by atoms with Crippen LogP contribution in [0.15, 0.2) is 27.6 Å². The fourth-order valence-electron chi connectivity index (χ4n) is 4.42. The summed E-state index contributed by atoms with van der Waals surface area (Å²) in [6.07, 6.45) is 3.71. The van der Waals surface area contributed by atoms with E-state index in [4.69, 9.17) is 4.74 Å². The summed E-state index contributed by atoms with van der Waals surface area (Å²) in [5.41, 5.74) is 0. The second-order valence-electron chi connectivity index (χ2n) is 9.26. The van der Waals surface area contributed by atoms with Crippen molar-refractivity contribution in [2.75, 3.05) is 46.4 Å². The monoisotopic (exact) mass is 545 g/mol. The Balaban J connectivity index is 1.78. The van der Waals surface area contributed by atoms with E-state index in [2.05, 4.69) is 20.8 Å². The molecule has 2 aliphatic heterocycles. The average Bonchev–Trinajstić information content (AvgIpc) is 2.79. The first kappa shape index (κ1) is 26.4. The number of ether oxygens (including phenoxy) is 1. The Kier molecular flexibility index (Phi) is 9.19. The summed E-state index contributed by atoms with van der Waals surface area (Å²) in [5.74, 6) is 0.115. The van der Waals surface area contributed by atoms with Crippen molar-refractivity contribution in [1.29, 1.82) is 0 Å². The molecule has 1 N–H and O–H groups in total. The van der Waals surface area contributed by atoms with Gasteiger partial charge in [0.1, 0.15) is 16.7 Å². The molecule has 1 amide bonds. The molecule has 0 radical (unpaired) electrons. The number of hydrogen-bond donors (Lipinski definition) is 1. The van der Waals surface area contributed by atoms with Gasteiger partial charge in [0.15, 0.2) is 0 Å². The highest BCUT2D eigenvalue weighted by atomic mass is 79.9. The lowest BCUT2D eigenvalue weighted by atomic mass is 10.0. The van der Waals surface area contributed by atoms with Gasteiger partial charge in [0.2, 0.25) is 15.9 Å². The zero-order valence-corrected chi connectivity index (χ0v) is 22.1. The Morgan fingerprint density at radius 1 is 1.30 bits per heavy atom. The van der Waals surface area contributed by atoms with Crippen LogP contribution in [-0.4, -0.2) is 92.1 Å². The van der Waals surface area contributed by atoms with Crippen LogP contribution in [0.1, 0.15) is 39.5 Å². The predicted octanol–water partition coefficient (Wildman–Crippen LogP) is 2.55. The molecule has 1 fully saturated rings. The van der Waals surface area contributed by atoms with E-state index in [1.54, 1.807) is 31.0 Å². The van der Waals surface area contributed by atoms with Crippen LogP contribution >= 0.6 is 15.9 Å². The van der Waals surface area contributed by atoms with Crippen LogP contribution in [-0.2, 0) is 14.8 Å². The number of nitrogens with zero attached hydrogens (tertiary/aromatic N) is 3. The zero-order valence-electron chi connectivity index (χ0n) is 19.7. The molecule has 0 spiro atoms. The van der Waals surface area contributed by atoms with E-state index < -0.39 is 22.2 Å². The number of hydrogen-bond acceptors (Lipinski definition) is 6. The van der Waals surface area contributed by atoms with Crippen molar-refractivity contribution >= 4 is 31.9 Å². The van der Waals surface area contributed by atoms with Crippen LogP contribution < -0.4 is 4.74 Å². The van der Waals surface area contributed by atoms with Crippen LogP contribution in [0.25, 0.3) is 0 Å². The van der Waals surface area contributed by atoms with Gasteiger partial charge in [-0.1, -0.05) is 29.3 Å². The fourth-order valence-corrected chi connectivity index (χ4v) is 6.58. The van der Waals surface area contributed by atoms with Crippen LogP contribution in [0, 0.1) is 5.92 Å². The van der Waals surface area contributed by atoms with Gasteiger partial charge in [-0.05, 0) is 51.1 Å². The predicted molar refractivity (Wildman–Crippen MR) is 131 cm³/mol. The van der Waals surface area contributed by atoms with Gasteiger partial charge in [-0.15, -0.1) is 0 Å². The molecule has 186 valence electrons. The summed E-state index contributed by atoms with van der Waals surface area (Å²) in [6, 6.07) is 4.26. The summed E-state index contributed by atoms with van der Waals surface area (Å²) >= 11 is 3.40. The Morgan fingerprint density at radius 2 is 2.00 bits per heavy atom. The normalized spacial score (nSPS) is 24.8. The number of likely N-dealkylation sites (tertiary alicyclic amines) is 1. The first-order valence-corrected chi connectivity index (χ1v) is 13.9. The summed E-state index contributed by atoms with van der Waals surface area (Å²) < 4.78 is 35.0. The van der Waals surface area contributed by atoms with Crippen molar-refractivity contribution in [2.24, 2.45) is 5.92 Å². The molecule has 1 saturated heterocycles. The molecule has 3 atom stereocenters. The number of carbonyl (C=O) groups is 1. The number of fused-ring (bicyclic) bond motifs is 1. The molecule has 0 aromatic heterocycles. The molecule has 0 unspecified atom stereocenters. The van der Waals surface area contributed by atoms with Crippen molar-refractivity contribution in [2.45, 2.75) is 56.6 Å². The van der Waals surface area contributed by atoms with E-state index in [-0.39, 0.29) is 35.6 Å². The highest BCUT2D eigenvalue weighted by Crippen LogP contribution is 2.35. The minimum absolute atomic E-state index is 0.0566. The van der Waals surface area contributed by atoms with Crippen LogP contribution in [0.5, 0.6) is 5.75 Å². The molecule has 33 heavy (non-hydrogen) atoms. The van der Waals surface area contributed by atoms with Crippen molar-refractivity contribution in [1.82, 2.24) is 14.1 Å². The molecule has 1 aromatic carbocycles. The Labute approximate surface area is 206 Å². The van der Waals surface area contributed by atoms with E-state index in [1.165, 1.54) is 29.6 Å². The van der Waals surface area contributed by atoms with E-state index in [0.717, 1.165) is 19.6 Å². The number of likely N-dealkylation sites (N-methyl/N-ethyl adjacent to an activating group) is 1. The van der Waals surface area contributed by atoms with Crippen molar-refractivity contribution in [3.8, 4) is 5.75 Å². The Morgan fingerprint density at radius 3 is 2.67 bits per heavy atom. The number of rotatable bonds is 7. The summed E-state index contributed by atoms with van der Waals surface area (Å²) in [5, 5.41) is 9.71. The molecule has 1 aromatic rings. The first-order valence-electron chi connectivity index (χ1n) is 11.7. The van der Waals surface area contributed by atoms with E-state index in [0.29, 0.717) is 17.4 Å². The third-order valence-corrected chi connectivity index (χ3v) is 9.11. The standard InChI is InChI=1S/C23H36BrN3O5S/c1-17-14-27(18(2)16-28)33(30,31)22-8-7-19(24)13-20(22)32-21(17)15-25(3)23(29)9-12-26-10-5-4-6-11-26/h7-8,13,17-18,21,28H,4-6,9-12,14-16H2,1-3H3/t17-,18-,21+/m0/s1. The highest BCUT2D eigenvalue weighted by Gasteiger charge is 2.38. The lowest BCUT2D eigenvalue weighted by Crippen LogP contribution is -2.50. The minimum atomic E-state index is -3.85. The lowest BCUT2D eigenvalue weighted by molar-refractivity contribution is -0.131. The number of carbonyl (C=O) groups excluding carboxylic acids is 1. The Bertz CT molecular complexity index is 923. The topological polar surface area (TPSA) is 90.4 Å². The number of aliphatic hydroxyl groups is 1. The number of benzene rings is 1. The maximum atomic E-state index is 13.4. The van der Waals surface area contributed by atoms with Crippen molar-refractivity contribution in [3.63, 3.8) is 0 Å². The maximum Gasteiger partial charge on any atom is 0.247 e. The molecule has 0 saturated carbocycles.